The van der Waals surface area contributed by atoms with E-state index in [0.29, 0.717) is 13.1 Å². The first-order chi connectivity index (χ1) is 5.52. The molecule has 0 saturated carbocycles. The quantitative estimate of drug-likeness (QED) is 0.612. The number of carbonyl (C=O) groups excluding carboxylic acids is 1. The van der Waals surface area contributed by atoms with Gasteiger partial charge in [-0.3, -0.25) is 9.59 Å². The van der Waals surface area contributed by atoms with Gasteiger partial charge in [-0.2, -0.15) is 0 Å². The molecule has 1 rings (SSSR count). The van der Waals surface area contributed by atoms with Crippen LogP contribution in [-0.4, -0.2) is 35.0 Å². The van der Waals surface area contributed by atoms with Crippen molar-refractivity contribution in [1.29, 1.82) is 0 Å². The second-order valence-corrected chi connectivity index (χ2v) is 3.35. The van der Waals surface area contributed by atoms with Crippen molar-refractivity contribution in [1.82, 2.24) is 4.90 Å². The Morgan fingerprint density at radius 2 is 2.00 bits per heavy atom. The van der Waals surface area contributed by atoms with Gasteiger partial charge in [-0.25, -0.2) is 0 Å². The fraction of sp³-hybridized carbons (Fsp3) is 0.750. The number of amides is 1. The van der Waals surface area contributed by atoms with Gasteiger partial charge >= 0.3 is 5.97 Å². The molecule has 12 heavy (non-hydrogen) atoms. The third kappa shape index (κ3) is 1.57. The van der Waals surface area contributed by atoms with Gasteiger partial charge in [-0.1, -0.05) is 6.92 Å². The van der Waals surface area contributed by atoms with Gasteiger partial charge in [0.2, 0.25) is 5.91 Å². The lowest BCUT2D eigenvalue weighted by Crippen LogP contribution is -2.27. The molecule has 1 N–H and O–H groups in total. The van der Waals surface area contributed by atoms with Gasteiger partial charge in [0.15, 0.2) is 0 Å². The third-order valence-electron chi connectivity index (χ3n) is 2.37. The Labute approximate surface area is 71.2 Å². The van der Waals surface area contributed by atoms with E-state index in [1.165, 1.54) is 6.92 Å². The third-order valence-corrected chi connectivity index (χ3v) is 2.37. The molecule has 1 amide bonds. The molecule has 1 aliphatic heterocycles. The second-order valence-electron chi connectivity index (χ2n) is 3.35. The minimum atomic E-state index is -0.800. The summed E-state index contributed by atoms with van der Waals surface area (Å²) in [7, 11) is 0. The number of carbonyl (C=O) groups is 2. The van der Waals surface area contributed by atoms with Gasteiger partial charge in [0.05, 0.1) is 5.92 Å². The molecule has 0 aromatic rings. The van der Waals surface area contributed by atoms with Crippen LogP contribution in [-0.2, 0) is 9.59 Å². The Morgan fingerprint density at radius 3 is 2.25 bits per heavy atom. The number of hydrogen-bond acceptors (Lipinski definition) is 2. The smallest absolute Gasteiger partial charge is 0.308 e. The summed E-state index contributed by atoms with van der Waals surface area (Å²) in [6, 6.07) is 0. The lowest BCUT2D eigenvalue weighted by atomic mass is 9.99. The normalized spacial score (nSPS) is 29.0. The molecule has 1 saturated heterocycles. The fourth-order valence-corrected chi connectivity index (χ4v) is 1.55. The van der Waals surface area contributed by atoms with Crippen LogP contribution < -0.4 is 0 Å². The minimum absolute atomic E-state index is 0.0365. The van der Waals surface area contributed by atoms with E-state index in [1.807, 2.05) is 6.92 Å². The van der Waals surface area contributed by atoms with E-state index in [-0.39, 0.29) is 17.7 Å². The number of rotatable bonds is 1. The molecule has 68 valence electrons. The molecule has 0 spiro atoms. The average molecular weight is 171 g/mol. The maximum atomic E-state index is 10.9. The monoisotopic (exact) mass is 171 g/mol. The molecule has 0 aromatic heterocycles. The Hall–Kier alpha value is -1.06. The van der Waals surface area contributed by atoms with Crippen LogP contribution in [0.2, 0.25) is 0 Å². The number of likely N-dealkylation sites (tertiary alicyclic amines) is 1. The molecular formula is C8H13NO3. The molecule has 0 aliphatic carbocycles. The molecule has 2 unspecified atom stereocenters. The van der Waals surface area contributed by atoms with Crippen LogP contribution in [0.3, 0.4) is 0 Å². The lowest BCUT2D eigenvalue weighted by Gasteiger charge is -2.11. The van der Waals surface area contributed by atoms with Gasteiger partial charge in [0.25, 0.3) is 0 Å². The highest BCUT2D eigenvalue weighted by Crippen LogP contribution is 2.22. The molecule has 1 fully saturated rings. The number of hydrogen-bond donors (Lipinski definition) is 1. The first kappa shape index (κ1) is 9.03. The summed E-state index contributed by atoms with van der Waals surface area (Å²) >= 11 is 0. The van der Waals surface area contributed by atoms with Crippen molar-refractivity contribution in [2.45, 2.75) is 13.8 Å². The summed E-state index contributed by atoms with van der Waals surface area (Å²) in [5, 5.41) is 8.75. The maximum absolute atomic E-state index is 10.9. The molecular weight excluding hydrogens is 158 g/mol. The number of aliphatic carboxylic acids is 1. The molecule has 1 aliphatic rings. The SMILES string of the molecule is CC(=O)N1CC(C)C(C(=O)O)C1. The summed E-state index contributed by atoms with van der Waals surface area (Å²) in [6.45, 7) is 4.27. The Kier molecular flexibility index (Phi) is 2.35. The van der Waals surface area contributed by atoms with Crippen molar-refractivity contribution in [2.75, 3.05) is 13.1 Å². The first-order valence-electron chi connectivity index (χ1n) is 4.00. The number of nitrogens with zero attached hydrogens (tertiary/aromatic N) is 1. The summed E-state index contributed by atoms with van der Waals surface area (Å²) in [5.41, 5.74) is 0. The molecule has 0 aromatic carbocycles. The van der Waals surface area contributed by atoms with E-state index < -0.39 is 5.97 Å². The topological polar surface area (TPSA) is 57.6 Å². The standard InChI is InChI=1S/C8H13NO3/c1-5-3-9(6(2)10)4-7(5)8(11)12/h5,7H,3-4H2,1-2H3,(H,11,12). The Morgan fingerprint density at radius 1 is 1.42 bits per heavy atom. The molecule has 0 bridgehead atoms. The molecule has 2 atom stereocenters. The van der Waals surface area contributed by atoms with Gasteiger partial charge in [-0.05, 0) is 5.92 Å². The highest BCUT2D eigenvalue weighted by Gasteiger charge is 2.35. The van der Waals surface area contributed by atoms with Crippen molar-refractivity contribution >= 4 is 11.9 Å². The average Bonchev–Trinajstić information content (AvgIpc) is 2.30. The van der Waals surface area contributed by atoms with E-state index in [0.717, 1.165) is 0 Å². The van der Waals surface area contributed by atoms with Crippen LogP contribution in [0.5, 0.6) is 0 Å². The summed E-state index contributed by atoms with van der Waals surface area (Å²) < 4.78 is 0. The predicted molar refractivity (Wildman–Crippen MR) is 42.5 cm³/mol. The van der Waals surface area contributed by atoms with Crippen LogP contribution >= 0.6 is 0 Å². The Balaban J connectivity index is 2.62. The van der Waals surface area contributed by atoms with E-state index in [4.69, 9.17) is 5.11 Å². The van der Waals surface area contributed by atoms with Crippen LogP contribution in [0.25, 0.3) is 0 Å². The van der Waals surface area contributed by atoms with Crippen molar-refractivity contribution in [2.24, 2.45) is 11.8 Å². The zero-order chi connectivity index (χ0) is 9.30. The first-order valence-corrected chi connectivity index (χ1v) is 4.00. The zero-order valence-corrected chi connectivity index (χ0v) is 7.28. The van der Waals surface area contributed by atoms with Crippen molar-refractivity contribution < 1.29 is 14.7 Å². The van der Waals surface area contributed by atoms with E-state index >= 15 is 0 Å². The van der Waals surface area contributed by atoms with Crippen LogP contribution in [0, 0.1) is 11.8 Å². The summed E-state index contributed by atoms with van der Waals surface area (Å²) in [4.78, 5) is 23.1. The molecule has 4 nitrogen and oxygen atoms in total. The van der Waals surface area contributed by atoms with Crippen molar-refractivity contribution in [3.8, 4) is 0 Å². The lowest BCUT2D eigenvalue weighted by molar-refractivity contribution is -0.142. The molecule has 0 radical (unpaired) electrons. The molecule has 1 heterocycles. The largest absolute Gasteiger partial charge is 0.481 e. The fourth-order valence-electron chi connectivity index (χ4n) is 1.55. The number of carboxylic acid groups (broad SMARTS) is 1. The van der Waals surface area contributed by atoms with Gasteiger partial charge in [-0.15, -0.1) is 0 Å². The number of carboxylic acids is 1. The second kappa shape index (κ2) is 3.13. The predicted octanol–water partition coefficient (Wildman–Crippen LogP) is 0.185. The van der Waals surface area contributed by atoms with E-state index in [1.54, 1.807) is 4.90 Å². The summed E-state index contributed by atoms with van der Waals surface area (Å²) in [6.07, 6.45) is 0. The summed E-state index contributed by atoms with van der Waals surface area (Å²) in [5.74, 6) is -1.14. The zero-order valence-electron chi connectivity index (χ0n) is 7.28. The maximum Gasteiger partial charge on any atom is 0.308 e. The van der Waals surface area contributed by atoms with E-state index in [2.05, 4.69) is 0 Å². The van der Waals surface area contributed by atoms with Crippen molar-refractivity contribution in [3.05, 3.63) is 0 Å². The van der Waals surface area contributed by atoms with Crippen LogP contribution in [0.4, 0.5) is 0 Å². The van der Waals surface area contributed by atoms with Crippen LogP contribution in [0.15, 0.2) is 0 Å². The molecule has 4 heteroatoms. The highest BCUT2D eigenvalue weighted by atomic mass is 16.4. The van der Waals surface area contributed by atoms with Gasteiger partial charge in [0.1, 0.15) is 0 Å². The van der Waals surface area contributed by atoms with Crippen LogP contribution in [0.1, 0.15) is 13.8 Å². The van der Waals surface area contributed by atoms with Crippen molar-refractivity contribution in [3.63, 3.8) is 0 Å². The van der Waals surface area contributed by atoms with Gasteiger partial charge in [0, 0.05) is 20.0 Å². The van der Waals surface area contributed by atoms with Gasteiger partial charge < -0.3 is 10.0 Å². The highest BCUT2D eigenvalue weighted by molar-refractivity contribution is 5.77. The minimum Gasteiger partial charge on any atom is -0.481 e. The van der Waals surface area contributed by atoms with E-state index in [9.17, 15) is 9.59 Å². The Bertz CT molecular complexity index is 214.